The van der Waals surface area contributed by atoms with Crippen LogP contribution in [0.2, 0.25) is 0 Å². The Bertz CT molecular complexity index is 1680. The van der Waals surface area contributed by atoms with E-state index in [0.717, 1.165) is 37.9 Å². The molecule has 1 fully saturated rings. The summed E-state index contributed by atoms with van der Waals surface area (Å²) in [5.41, 5.74) is 0.947. The van der Waals surface area contributed by atoms with Crippen molar-refractivity contribution in [1.82, 2.24) is 14.1 Å². The molecule has 0 bridgehead atoms. The molecule has 1 atom stereocenters. The fourth-order valence-corrected chi connectivity index (χ4v) is 9.74. The van der Waals surface area contributed by atoms with Crippen molar-refractivity contribution in [2.75, 3.05) is 46.1 Å². The van der Waals surface area contributed by atoms with Gasteiger partial charge in [0.25, 0.3) is 10.0 Å². The molecule has 1 saturated heterocycles. The van der Waals surface area contributed by atoms with Gasteiger partial charge in [0, 0.05) is 31.7 Å². The fourth-order valence-electron chi connectivity index (χ4n) is 5.82. The average molecular weight is 676 g/mol. The maximum atomic E-state index is 13.4. The van der Waals surface area contributed by atoms with Gasteiger partial charge in [-0.15, -0.1) is 11.3 Å². The Morgan fingerprint density at radius 3 is 2.51 bits per heavy atom. The molecule has 3 aromatic rings. The first-order valence-electron chi connectivity index (χ1n) is 15.4. The third kappa shape index (κ3) is 7.89. The van der Waals surface area contributed by atoms with Crippen LogP contribution in [0.15, 0.2) is 74.0 Å². The summed E-state index contributed by atoms with van der Waals surface area (Å²) in [4.78, 5) is 17.6. The predicted molar refractivity (Wildman–Crippen MR) is 173 cm³/mol. The highest BCUT2D eigenvalue weighted by Gasteiger charge is 2.31. The number of nitrogens with zero attached hydrogens (tertiary/aromatic N) is 3. The second kappa shape index (κ2) is 14.6. The van der Waals surface area contributed by atoms with Crippen LogP contribution in [0.5, 0.6) is 11.5 Å². The summed E-state index contributed by atoms with van der Waals surface area (Å²) in [6, 6.07) is 15.3. The molecule has 2 aromatic carbocycles. The van der Waals surface area contributed by atoms with Gasteiger partial charge in [-0.3, -0.25) is 4.79 Å². The quantitative estimate of drug-likeness (QED) is 0.227. The van der Waals surface area contributed by atoms with Gasteiger partial charge in [0.05, 0.1) is 16.3 Å². The van der Waals surface area contributed by atoms with Crippen LogP contribution >= 0.6 is 11.3 Å². The minimum atomic E-state index is -3.73. The Kier molecular flexibility index (Phi) is 10.9. The zero-order valence-electron chi connectivity index (χ0n) is 25.8. The fraction of sp³-hybridized carbons (Fsp3) is 0.469. The molecule has 0 aliphatic carbocycles. The highest BCUT2D eigenvalue weighted by atomic mass is 32.2. The first-order valence-corrected chi connectivity index (χ1v) is 19.2. The van der Waals surface area contributed by atoms with Crippen LogP contribution < -0.4 is 9.47 Å². The second-order valence-corrected chi connectivity index (χ2v) is 16.5. The number of amides is 1. The molecule has 0 saturated carbocycles. The van der Waals surface area contributed by atoms with Gasteiger partial charge >= 0.3 is 0 Å². The minimum absolute atomic E-state index is 0.0817. The van der Waals surface area contributed by atoms with Gasteiger partial charge in [0.2, 0.25) is 22.5 Å². The number of hydrogen-bond acceptors (Lipinski definition) is 9. The van der Waals surface area contributed by atoms with Gasteiger partial charge in [0.1, 0.15) is 4.21 Å². The zero-order valence-corrected chi connectivity index (χ0v) is 28.2. The van der Waals surface area contributed by atoms with E-state index in [1.54, 1.807) is 52.7 Å². The summed E-state index contributed by atoms with van der Waals surface area (Å²) in [6.45, 7) is 7.51. The average Bonchev–Trinajstić information content (AvgIpc) is 3.70. The number of rotatable bonds is 14. The Labute approximate surface area is 270 Å². The normalized spacial score (nSPS) is 16.7. The van der Waals surface area contributed by atoms with Crippen LogP contribution in [-0.4, -0.2) is 89.0 Å². The van der Waals surface area contributed by atoms with E-state index in [1.165, 1.54) is 21.7 Å². The summed E-state index contributed by atoms with van der Waals surface area (Å²) in [7, 11) is -7.37. The molecule has 0 radical (unpaired) electrons. The van der Waals surface area contributed by atoms with Gasteiger partial charge in [-0.25, -0.2) is 16.8 Å². The lowest BCUT2D eigenvalue weighted by atomic mass is 10.1. The molecule has 2 aliphatic heterocycles. The maximum absolute atomic E-state index is 13.4. The number of thiophene rings is 1. The Hall–Kier alpha value is -2.97. The van der Waals surface area contributed by atoms with E-state index >= 15 is 0 Å². The highest BCUT2D eigenvalue weighted by molar-refractivity contribution is 7.91. The van der Waals surface area contributed by atoms with Crippen LogP contribution in [0, 0.1) is 0 Å². The largest absolute Gasteiger partial charge is 0.454 e. The summed E-state index contributed by atoms with van der Waals surface area (Å²) in [5.74, 6) is 0.819. The number of carbonyl (C=O) groups is 1. The van der Waals surface area contributed by atoms with E-state index in [4.69, 9.17) is 9.47 Å². The standard InChI is InChI=1S/C32H41N3O7S3/c1-3-14-33(15-4-5-16-34-17-8-18-35(23-31(34)36)45(39,40)32-11-7-19-43-32)25(2)20-26-9-6-10-27(21-26)44(37,38)28-12-13-29-30(22-28)42-24-41-29/h6-7,9-13,19,21-22,25H,3-5,8,14-18,20,23-24H2,1-2H3. The lowest BCUT2D eigenvalue weighted by molar-refractivity contribution is -0.130. The van der Waals surface area contributed by atoms with Gasteiger partial charge in [-0.05, 0) is 93.4 Å². The van der Waals surface area contributed by atoms with Gasteiger partial charge in [-0.1, -0.05) is 25.1 Å². The number of unbranched alkanes of at least 4 members (excludes halogenated alkanes) is 1. The van der Waals surface area contributed by atoms with E-state index in [9.17, 15) is 21.6 Å². The third-order valence-electron chi connectivity index (χ3n) is 8.24. The van der Waals surface area contributed by atoms with Gasteiger partial charge in [-0.2, -0.15) is 4.31 Å². The van der Waals surface area contributed by atoms with Crippen LogP contribution in [0.3, 0.4) is 0 Å². The topological polar surface area (TPSA) is 114 Å². The molecular weight excluding hydrogens is 635 g/mol. The van der Waals surface area contributed by atoms with E-state index < -0.39 is 19.9 Å². The Morgan fingerprint density at radius 1 is 0.933 bits per heavy atom. The Balaban J connectivity index is 1.14. The van der Waals surface area contributed by atoms with Crippen molar-refractivity contribution >= 4 is 37.1 Å². The summed E-state index contributed by atoms with van der Waals surface area (Å²) >= 11 is 1.17. The van der Waals surface area contributed by atoms with E-state index in [2.05, 4.69) is 18.7 Å². The maximum Gasteiger partial charge on any atom is 0.253 e. The number of sulfone groups is 1. The lowest BCUT2D eigenvalue weighted by Gasteiger charge is -2.29. The smallest absolute Gasteiger partial charge is 0.253 e. The second-order valence-electron chi connectivity index (χ2n) is 11.5. The number of benzene rings is 2. The number of ether oxygens (including phenoxy) is 2. The summed E-state index contributed by atoms with van der Waals surface area (Å²) in [5, 5.41) is 1.73. The number of carbonyl (C=O) groups excluding carboxylic acids is 1. The van der Waals surface area contributed by atoms with E-state index in [-0.39, 0.29) is 39.3 Å². The molecule has 2 aliphatic rings. The van der Waals surface area contributed by atoms with Crippen LogP contribution in [0.1, 0.15) is 45.1 Å². The third-order valence-corrected chi connectivity index (χ3v) is 13.2. The first kappa shape index (κ1) is 33.4. The van der Waals surface area contributed by atoms with Crippen LogP contribution in [0.25, 0.3) is 0 Å². The van der Waals surface area contributed by atoms with Crippen molar-refractivity contribution in [2.45, 2.75) is 66.0 Å². The van der Waals surface area contributed by atoms with E-state index in [1.807, 2.05) is 6.07 Å². The van der Waals surface area contributed by atoms with Crippen molar-refractivity contribution in [3.8, 4) is 11.5 Å². The molecule has 1 unspecified atom stereocenters. The minimum Gasteiger partial charge on any atom is -0.454 e. The highest BCUT2D eigenvalue weighted by Crippen LogP contribution is 2.35. The molecule has 0 spiro atoms. The predicted octanol–water partition coefficient (Wildman–Crippen LogP) is 4.66. The van der Waals surface area contributed by atoms with Crippen molar-refractivity contribution in [1.29, 1.82) is 0 Å². The molecule has 1 aromatic heterocycles. The Morgan fingerprint density at radius 2 is 1.73 bits per heavy atom. The molecule has 5 rings (SSSR count). The molecule has 244 valence electrons. The van der Waals surface area contributed by atoms with Crippen molar-refractivity contribution < 1.29 is 31.1 Å². The number of fused-ring (bicyclic) bond motifs is 1. The zero-order chi connectivity index (χ0) is 32.0. The van der Waals surface area contributed by atoms with Crippen LogP contribution in [0.4, 0.5) is 0 Å². The van der Waals surface area contributed by atoms with E-state index in [0.29, 0.717) is 44.0 Å². The number of hydrogen-bond donors (Lipinski definition) is 0. The van der Waals surface area contributed by atoms with Gasteiger partial charge < -0.3 is 19.3 Å². The van der Waals surface area contributed by atoms with Crippen molar-refractivity contribution in [2.24, 2.45) is 0 Å². The molecule has 1 amide bonds. The van der Waals surface area contributed by atoms with Gasteiger partial charge in [0.15, 0.2) is 11.5 Å². The summed E-state index contributed by atoms with van der Waals surface area (Å²) in [6.07, 6.45) is 4.01. The lowest BCUT2D eigenvalue weighted by Crippen LogP contribution is -2.40. The monoisotopic (exact) mass is 675 g/mol. The van der Waals surface area contributed by atoms with Crippen molar-refractivity contribution in [3.63, 3.8) is 0 Å². The SMILES string of the molecule is CCCN(CCCCN1CCCN(S(=O)(=O)c2cccs2)CC1=O)C(C)Cc1cccc(S(=O)(=O)c2ccc3c(c2)OCO3)c1. The molecule has 45 heavy (non-hydrogen) atoms. The molecular formula is C32H41N3O7S3. The number of sulfonamides is 1. The molecule has 0 N–H and O–H groups in total. The first-order chi connectivity index (χ1) is 21.6. The summed E-state index contributed by atoms with van der Waals surface area (Å²) < 4.78 is 65.0. The molecule has 13 heteroatoms. The van der Waals surface area contributed by atoms with Crippen LogP contribution in [-0.2, 0) is 31.1 Å². The molecule has 10 nitrogen and oxygen atoms in total. The molecule has 3 heterocycles. The van der Waals surface area contributed by atoms with Crippen molar-refractivity contribution in [3.05, 3.63) is 65.5 Å².